The van der Waals surface area contributed by atoms with Crippen LogP contribution in [0.5, 0.6) is 23.0 Å². The van der Waals surface area contributed by atoms with E-state index in [1.165, 1.54) is 0 Å². The molecule has 1 heterocycles. The summed E-state index contributed by atoms with van der Waals surface area (Å²) in [6.07, 6.45) is 0.0813. The molecule has 0 radical (unpaired) electrons. The molecule has 4 aromatic carbocycles. The second kappa shape index (κ2) is 15.0. The first kappa shape index (κ1) is 31.9. The average Bonchev–Trinajstić information content (AvgIpc) is 3.06. The zero-order chi connectivity index (χ0) is 32.5. The molecule has 1 atom stereocenters. The minimum Gasteiger partial charge on any atom is -0.488 e. The highest BCUT2D eigenvalue weighted by molar-refractivity contribution is 5.74. The molecule has 9 heteroatoms. The van der Waals surface area contributed by atoms with Crippen molar-refractivity contribution in [2.45, 2.75) is 40.0 Å². The van der Waals surface area contributed by atoms with E-state index < -0.39 is 5.97 Å². The maximum Gasteiger partial charge on any atom is 0.303 e. The van der Waals surface area contributed by atoms with Crippen LogP contribution in [0.25, 0.3) is 11.1 Å². The number of nitriles is 2. The fraction of sp³-hybridized carbons (Fsp3) is 0.270. The van der Waals surface area contributed by atoms with E-state index in [-0.39, 0.29) is 25.6 Å². The number of benzene rings is 4. The molecule has 2 N–H and O–H groups in total. The van der Waals surface area contributed by atoms with Crippen molar-refractivity contribution in [1.29, 1.82) is 10.5 Å². The fourth-order valence-corrected chi connectivity index (χ4v) is 5.33. The third kappa shape index (κ3) is 7.95. The lowest BCUT2D eigenvalue weighted by Gasteiger charge is -2.20. The summed E-state index contributed by atoms with van der Waals surface area (Å²) in [6.45, 7) is 6.23. The van der Waals surface area contributed by atoms with Gasteiger partial charge >= 0.3 is 5.97 Å². The van der Waals surface area contributed by atoms with Crippen molar-refractivity contribution in [2.75, 3.05) is 19.8 Å². The zero-order valence-electron chi connectivity index (χ0n) is 25.8. The van der Waals surface area contributed by atoms with Crippen molar-refractivity contribution in [3.63, 3.8) is 0 Å². The van der Waals surface area contributed by atoms with Crippen molar-refractivity contribution in [3.8, 4) is 46.3 Å². The molecule has 1 unspecified atom stereocenters. The Morgan fingerprint density at radius 3 is 2.48 bits per heavy atom. The number of aryl methyl sites for hydroxylation is 1. The number of ether oxygens (including phenoxy) is 4. The highest BCUT2D eigenvalue weighted by Gasteiger charge is 2.17. The summed E-state index contributed by atoms with van der Waals surface area (Å²) in [6, 6.07) is 27.0. The molecule has 1 aliphatic rings. The molecule has 0 amide bonds. The van der Waals surface area contributed by atoms with Crippen molar-refractivity contribution in [1.82, 2.24) is 5.32 Å². The van der Waals surface area contributed by atoms with E-state index in [0.717, 1.165) is 33.4 Å². The van der Waals surface area contributed by atoms with E-state index in [4.69, 9.17) is 24.1 Å². The van der Waals surface area contributed by atoms with E-state index in [1.54, 1.807) is 12.1 Å². The molecule has 0 aromatic heterocycles. The molecule has 9 nitrogen and oxygen atoms in total. The number of nitrogens with zero attached hydrogens (tertiary/aromatic N) is 2. The highest BCUT2D eigenvalue weighted by atomic mass is 16.6. The van der Waals surface area contributed by atoms with Gasteiger partial charge in [-0.3, -0.25) is 4.79 Å². The monoisotopic (exact) mass is 617 g/mol. The normalized spacial score (nSPS) is 12.4. The van der Waals surface area contributed by atoms with Crippen LogP contribution in [0.4, 0.5) is 0 Å². The molecule has 0 spiro atoms. The number of carboxylic acids is 1. The lowest BCUT2D eigenvalue weighted by atomic mass is 9.96. The summed E-state index contributed by atoms with van der Waals surface area (Å²) < 4.78 is 24.0. The third-order valence-electron chi connectivity index (χ3n) is 7.64. The first-order valence-corrected chi connectivity index (χ1v) is 15.1. The molecule has 0 saturated carbocycles. The Kier molecular flexibility index (Phi) is 10.4. The molecule has 5 rings (SSSR count). The number of aliphatic carboxylic acids is 1. The summed E-state index contributed by atoms with van der Waals surface area (Å²) in [7, 11) is 0. The number of carboxylic acid groups (broad SMARTS) is 1. The van der Waals surface area contributed by atoms with Crippen molar-refractivity contribution in [2.24, 2.45) is 5.92 Å². The predicted octanol–water partition coefficient (Wildman–Crippen LogP) is 6.53. The van der Waals surface area contributed by atoms with E-state index >= 15 is 0 Å². The molecule has 46 heavy (non-hydrogen) atoms. The van der Waals surface area contributed by atoms with Gasteiger partial charge in [-0.05, 0) is 72.0 Å². The quantitative estimate of drug-likeness (QED) is 0.172. The Balaban J connectivity index is 1.37. The molecule has 234 valence electrons. The van der Waals surface area contributed by atoms with Gasteiger partial charge in [-0.15, -0.1) is 0 Å². The van der Waals surface area contributed by atoms with Crippen molar-refractivity contribution >= 4 is 5.97 Å². The summed E-state index contributed by atoms with van der Waals surface area (Å²) in [5, 5.41) is 31.9. The molecule has 0 aliphatic carbocycles. The van der Waals surface area contributed by atoms with Crippen LogP contribution in [0, 0.1) is 35.5 Å². The second-order valence-corrected chi connectivity index (χ2v) is 11.3. The van der Waals surface area contributed by atoms with Gasteiger partial charge in [-0.25, -0.2) is 0 Å². The van der Waals surface area contributed by atoms with Crippen LogP contribution in [0.15, 0.2) is 72.8 Å². The summed E-state index contributed by atoms with van der Waals surface area (Å²) in [5.41, 5.74) is 6.06. The van der Waals surface area contributed by atoms with Gasteiger partial charge in [0.15, 0.2) is 11.5 Å². The molecule has 0 fully saturated rings. The lowest BCUT2D eigenvalue weighted by molar-refractivity contribution is -0.137. The van der Waals surface area contributed by atoms with Crippen molar-refractivity contribution < 1.29 is 28.8 Å². The minimum atomic E-state index is -0.827. The van der Waals surface area contributed by atoms with E-state index in [9.17, 15) is 15.3 Å². The molecule has 4 aromatic rings. The first-order valence-electron chi connectivity index (χ1n) is 15.1. The highest BCUT2D eigenvalue weighted by Crippen LogP contribution is 2.37. The standard InChI is InChI=1S/C37H35N3O6/c1-24(13-37(41)42)20-40-21-30-14-25(2)34(17-35(30)45-22-27-6-3-5-26(15-27)18-38)46-23-29-7-4-8-31(32(29)19-39)28-9-10-33-36(16-28)44-12-11-43-33/h3-10,14-17,24,40H,11-13,20-23H2,1-2H3,(H,41,42). The van der Waals surface area contributed by atoms with Gasteiger partial charge in [0.25, 0.3) is 0 Å². The lowest BCUT2D eigenvalue weighted by Crippen LogP contribution is -2.23. The fourth-order valence-electron chi connectivity index (χ4n) is 5.33. The van der Waals surface area contributed by atoms with Crippen LogP contribution < -0.4 is 24.3 Å². The first-order chi connectivity index (χ1) is 22.3. The smallest absolute Gasteiger partial charge is 0.303 e. The topological polar surface area (TPSA) is 134 Å². The van der Waals surface area contributed by atoms with Crippen LogP contribution in [0.3, 0.4) is 0 Å². The van der Waals surface area contributed by atoms with Crippen LogP contribution in [-0.4, -0.2) is 30.8 Å². The Hall–Kier alpha value is -5.51. The summed E-state index contributed by atoms with van der Waals surface area (Å²) in [5.74, 6) is 1.69. The predicted molar refractivity (Wildman–Crippen MR) is 172 cm³/mol. The van der Waals surface area contributed by atoms with Crippen LogP contribution >= 0.6 is 0 Å². The molecular formula is C37H35N3O6. The molecule has 1 aliphatic heterocycles. The van der Waals surface area contributed by atoms with Gasteiger partial charge in [-0.2, -0.15) is 10.5 Å². The molecule has 0 bridgehead atoms. The average molecular weight is 618 g/mol. The number of carbonyl (C=O) groups is 1. The Morgan fingerprint density at radius 2 is 1.70 bits per heavy atom. The Bertz CT molecular complexity index is 1810. The largest absolute Gasteiger partial charge is 0.488 e. The second-order valence-electron chi connectivity index (χ2n) is 11.3. The van der Waals surface area contributed by atoms with Gasteiger partial charge in [-0.1, -0.05) is 43.3 Å². The number of nitrogens with one attached hydrogen (secondary N) is 1. The maximum absolute atomic E-state index is 11.1. The summed E-state index contributed by atoms with van der Waals surface area (Å²) >= 11 is 0. The van der Waals surface area contributed by atoms with Gasteiger partial charge in [0.05, 0.1) is 17.2 Å². The Morgan fingerprint density at radius 1 is 0.913 bits per heavy atom. The van der Waals surface area contributed by atoms with Crippen molar-refractivity contribution in [3.05, 3.63) is 106 Å². The van der Waals surface area contributed by atoms with Crippen LogP contribution in [0.1, 0.15) is 46.7 Å². The Labute approximate surface area is 268 Å². The number of rotatable bonds is 13. The van der Waals surface area contributed by atoms with E-state index in [1.807, 2.05) is 74.5 Å². The minimum absolute atomic E-state index is 0.0356. The van der Waals surface area contributed by atoms with Crippen LogP contribution in [0.2, 0.25) is 0 Å². The van der Waals surface area contributed by atoms with Gasteiger partial charge < -0.3 is 29.4 Å². The summed E-state index contributed by atoms with van der Waals surface area (Å²) in [4.78, 5) is 11.1. The number of hydrogen-bond donors (Lipinski definition) is 2. The number of fused-ring (bicyclic) bond motifs is 1. The van der Waals surface area contributed by atoms with Gasteiger partial charge in [0.1, 0.15) is 44.0 Å². The SMILES string of the molecule is Cc1cc(CNCC(C)CC(=O)O)c(OCc2cccc(C#N)c2)cc1OCc1cccc(-c2ccc3c(c2)OCCO3)c1C#N. The zero-order valence-corrected chi connectivity index (χ0v) is 25.8. The molecule has 0 saturated heterocycles. The van der Waals surface area contributed by atoms with Crippen LogP contribution in [-0.2, 0) is 24.6 Å². The van der Waals surface area contributed by atoms with Gasteiger partial charge in [0, 0.05) is 30.2 Å². The van der Waals surface area contributed by atoms with E-state index in [0.29, 0.717) is 60.4 Å². The number of hydrogen-bond acceptors (Lipinski definition) is 8. The van der Waals surface area contributed by atoms with E-state index in [2.05, 4.69) is 17.5 Å². The third-order valence-corrected chi connectivity index (χ3v) is 7.64. The maximum atomic E-state index is 11.1. The molecular weight excluding hydrogens is 582 g/mol. The van der Waals surface area contributed by atoms with Gasteiger partial charge in [0.2, 0.25) is 0 Å².